The second-order valence-electron chi connectivity index (χ2n) is 7.23. The number of fused-ring (bicyclic) bond motifs is 1. The number of hydrogen-bond acceptors (Lipinski definition) is 4. The molecule has 1 aromatic heterocycles. The fourth-order valence-electron chi connectivity index (χ4n) is 3.86. The number of aliphatic imine (C=N–C) groups is 1. The summed E-state index contributed by atoms with van der Waals surface area (Å²) < 4.78 is 2.25. The molecule has 2 aliphatic heterocycles. The minimum absolute atomic E-state index is 0.676. The van der Waals surface area contributed by atoms with Gasteiger partial charge in [-0.05, 0) is 45.6 Å². The molecule has 1 atom stereocenters. The first-order valence-electron chi connectivity index (χ1n) is 9.87. The van der Waals surface area contributed by atoms with E-state index in [0.717, 1.165) is 49.6 Å². The minimum Gasteiger partial charge on any atom is -0.356 e. The summed E-state index contributed by atoms with van der Waals surface area (Å²) in [6, 6.07) is 0.741. The maximum atomic E-state index is 4.33. The van der Waals surface area contributed by atoms with Gasteiger partial charge in [0.1, 0.15) is 5.82 Å². The van der Waals surface area contributed by atoms with Gasteiger partial charge in [0.25, 0.3) is 0 Å². The van der Waals surface area contributed by atoms with Crippen molar-refractivity contribution in [2.45, 2.75) is 71.0 Å². The van der Waals surface area contributed by atoms with Gasteiger partial charge in [0, 0.05) is 39.1 Å². The molecule has 140 valence electrons. The zero-order valence-corrected chi connectivity index (χ0v) is 15.8. The predicted octanol–water partition coefficient (Wildman–Crippen LogP) is 1.54. The van der Waals surface area contributed by atoms with Crippen LogP contribution in [0.25, 0.3) is 0 Å². The lowest BCUT2D eigenvalue weighted by Crippen LogP contribution is -2.41. The summed E-state index contributed by atoms with van der Waals surface area (Å²) in [7, 11) is 1.82. The highest BCUT2D eigenvalue weighted by atomic mass is 15.3. The van der Waals surface area contributed by atoms with E-state index in [0.29, 0.717) is 6.54 Å². The van der Waals surface area contributed by atoms with E-state index in [9.17, 15) is 0 Å². The molecule has 0 spiro atoms. The van der Waals surface area contributed by atoms with Crippen LogP contribution in [-0.2, 0) is 19.5 Å². The zero-order valence-electron chi connectivity index (χ0n) is 15.8. The highest BCUT2D eigenvalue weighted by Gasteiger charge is 2.17. The van der Waals surface area contributed by atoms with E-state index in [2.05, 4.69) is 42.2 Å². The van der Waals surface area contributed by atoms with Crippen LogP contribution in [0.2, 0.25) is 0 Å². The molecule has 1 unspecified atom stereocenters. The fraction of sp³-hybridized carbons (Fsp3) is 0.833. The van der Waals surface area contributed by atoms with Crippen molar-refractivity contribution in [3.63, 3.8) is 0 Å². The molecule has 0 amide bonds. The van der Waals surface area contributed by atoms with Gasteiger partial charge in [0.2, 0.25) is 0 Å². The molecule has 2 aliphatic rings. The lowest BCUT2D eigenvalue weighted by atomic mass is 10.0. The van der Waals surface area contributed by atoms with Gasteiger partial charge in [-0.1, -0.05) is 6.42 Å². The zero-order chi connectivity index (χ0) is 17.5. The van der Waals surface area contributed by atoms with Crippen LogP contribution in [0.4, 0.5) is 0 Å². The van der Waals surface area contributed by atoms with Crippen LogP contribution in [0, 0.1) is 0 Å². The van der Waals surface area contributed by atoms with Crippen LogP contribution in [0.5, 0.6) is 0 Å². The topological polar surface area (TPSA) is 70.4 Å². The summed E-state index contributed by atoms with van der Waals surface area (Å²) in [5.74, 6) is 2.99. The second-order valence-corrected chi connectivity index (χ2v) is 7.23. The summed E-state index contributed by atoms with van der Waals surface area (Å²) in [5.41, 5.74) is 0. The Bertz CT molecular complexity index is 566. The van der Waals surface area contributed by atoms with Crippen LogP contribution in [-0.4, -0.2) is 58.3 Å². The molecule has 0 radical (unpaired) electrons. The first-order chi connectivity index (χ1) is 12.3. The summed E-state index contributed by atoms with van der Waals surface area (Å²) in [6.45, 7) is 7.44. The molecule has 7 heteroatoms. The van der Waals surface area contributed by atoms with Crippen LogP contribution < -0.4 is 10.6 Å². The van der Waals surface area contributed by atoms with Crippen molar-refractivity contribution in [3.05, 3.63) is 11.6 Å². The van der Waals surface area contributed by atoms with E-state index < -0.39 is 0 Å². The molecular formula is C18H33N7. The van der Waals surface area contributed by atoms with E-state index in [1.54, 1.807) is 0 Å². The number of guanidine groups is 1. The van der Waals surface area contributed by atoms with E-state index >= 15 is 0 Å². The number of piperidine rings is 1. The average Bonchev–Trinajstić information content (AvgIpc) is 3.06. The van der Waals surface area contributed by atoms with Crippen LogP contribution >= 0.6 is 0 Å². The Balaban J connectivity index is 1.37. The van der Waals surface area contributed by atoms with Crippen molar-refractivity contribution < 1.29 is 0 Å². The van der Waals surface area contributed by atoms with Crippen LogP contribution in [0.15, 0.2) is 4.99 Å². The number of nitrogens with one attached hydrogen (secondary N) is 2. The lowest BCUT2D eigenvalue weighted by Gasteiger charge is -2.33. The first kappa shape index (κ1) is 18.2. The third-order valence-corrected chi connectivity index (χ3v) is 5.43. The van der Waals surface area contributed by atoms with Crippen molar-refractivity contribution >= 4 is 5.96 Å². The summed E-state index contributed by atoms with van der Waals surface area (Å²) in [4.78, 5) is 6.94. The molecule has 3 rings (SSSR count). The van der Waals surface area contributed by atoms with Crippen LogP contribution in [0.3, 0.4) is 0 Å². The molecular weight excluding hydrogens is 314 g/mol. The monoisotopic (exact) mass is 347 g/mol. The third-order valence-electron chi connectivity index (χ3n) is 5.43. The summed E-state index contributed by atoms with van der Waals surface area (Å²) in [5, 5.41) is 15.4. The second kappa shape index (κ2) is 9.17. The van der Waals surface area contributed by atoms with Gasteiger partial charge >= 0.3 is 0 Å². The Hall–Kier alpha value is -1.63. The molecule has 2 N–H and O–H groups in total. The molecule has 1 saturated heterocycles. The Morgan fingerprint density at radius 2 is 2.04 bits per heavy atom. The van der Waals surface area contributed by atoms with Crippen LogP contribution in [0.1, 0.15) is 57.1 Å². The maximum absolute atomic E-state index is 4.33. The average molecular weight is 348 g/mol. The van der Waals surface area contributed by atoms with Gasteiger partial charge in [-0.25, -0.2) is 0 Å². The highest BCUT2D eigenvalue weighted by Crippen LogP contribution is 2.16. The molecule has 1 fully saturated rings. The Morgan fingerprint density at radius 3 is 2.88 bits per heavy atom. The Kier molecular flexibility index (Phi) is 6.67. The summed E-state index contributed by atoms with van der Waals surface area (Å²) >= 11 is 0. The van der Waals surface area contributed by atoms with Gasteiger partial charge in [-0.15, -0.1) is 10.2 Å². The van der Waals surface area contributed by atoms with E-state index in [-0.39, 0.29) is 0 Å². The quantitative estimate of drug-likeness (QED) is 0.464. The molecule has 7 nitrogen and oxygen atoms in total. The number of hydrogen-bond donors (Lipinski definition) is 2. The van der Waals surface area contributed by atoms with Gasteiger partial charge in [0.15, 0.2) is 11.8 Å². The SMILES string of the molecule is CN=C(NCCCN1CCCCC1C)NCc1nnc2n1CCCC2. The Labute approximate surface area is 151 Å². The lowest BCUT2D eigenvalue weighted by molar-refractivity contribution is 0.159. The number of likely N-dealkylation sites (tertiary alicyclic amines) is 1. The normalized spacial score (nSPS) is 21.8. The summed E-state index contributed by atoms with van der Waals surface area (Å²) in [6.07, 6.45) is 8.73. The molecule has 0 aliphatic carbocycles. The van der Waals surface area contributed by atoms with Crippen molar-refractivity contribution in [1.82, 2.24) is 30.3 Å². The minimum atomic E-state index is 0.676. The molecule has 1 aromatic rings. The highest BCUT2D eigenvalue weighted by molar-refractivity contribution is 5.79. The van der Waals surface area contributed by atoms with Gasteiger partial charge < -0.3 is 20.1 Å². The third kappa shape index (κ3) is 4.93. The molecule has 0 bridgehead atoms. The number of rotatable bonds is 6. The molecule has 0 aromatic carbocycles. The first-order valence-corrected chi connectivity index (χ1v) is 9.87. The Morgan fingerprint density at radius 1 is 1.16 bits per heavy atom. The predicted molar refractivity (Wildman–Crippen MR) is 101 cm³/mol. The number of aromatic nitrogens is 3. The van der Waals surface area contributed by atoms with Gasteiger partial charge in [0.05, 0.1) is 6.54 Å². The van der Waals surface area contributed by atoms with Crippen molar-refractivity contribution in [3.8, 4) is 0 Å². The smallest absolute Gasteiger partial charge is 0.191 e. The molecule has 3 heterocycles. The standard InChI is InChI=1S/C18H33N7/c1-15-8-3-5-11-24(15)12-7-10-20-18(19-2)21-14-17-23-22-16-9-4-6-13-25(16)17/h15H,3-14H2,1-2H3,(H2,19,20,21). The molecule has 0 saturated carbocycles. The van der Waals surface area contributed by atoms with Gasteiger partial charge in [-0.3, -0.25) is 4.99 Å². The largest absolute Gasteiger partial charge is 0.356 e. The maximum Gasteiger partial charge on any atom is 0.191 e. The number of nitrogens with zero attached hydrogens (tertiary/aromatic N) is 5. The van der Waals surface area contributed by atoms with Gasteiger partial charge in [-0.2, -0.15) is 0 Å². The van der Waals surface area contributed by atoms with Crippen molar-refractivity contribution in [2.24, 2.45) is 4.99 Å². The van der Waals surface area contributed by atoms with E-state index in [4.69, 9.17) is 0 Å². The number of aryl methyl sites for hydroxylation is 1. The van der Waals surface area contributed by atoms with E-state index in [1.807, 2.05) is 7.05 Å². The fourth-order valence-corrected chi connectivity index (χ4v) is 3.86. The molecule has 25 heavy (non-hydrogen) atoms. The van der Waals surface area contributed by atoms with E-state index in [1.165, 1.54) is 45.2 Å². The van der Waals surface area contributed by atoms with Crippen molar-refractivity contribution in [1.29, 1.82) is 0 Å². The van der Waals surface area contributed by atoms with Crippen molar-refractivity contribution in [2.75, 3.05) is 26.7 Å².